The van der Waals surface area contributed by atoms with E-state index >= 15 is 0 Å². The maximum absolute atomic E-state index is 12.1. The fraction of sp³-hybridized carbons (Fsp3) is 0.421. The number of para-hydroxylation sites is 2. The Hall–Kier alpha value is -2.30. The quantitative estimate of drug-likeness (QED) is 0.387. The third kappa shape index (κ3) is 5.40. The Morgan fingerprint density at radius 3 is 2.55 bits per heavy atom. The Kier molecular flexibility index (Phi) is 7.34. The molecule has 0 aliphatic carbocycles. The molecule has 2 N–H and O–H groups in total. The van der Waals surface area contributed by atoms with E-state index in [9.17, 15) is 8.42 Å². The van der Waals surface area contributed by atoms with Crippen LogP contribution < -0.4 is 19.7 Å². The van der Waals surface area contributed by atoms with E-state index in [1.807, 2.05) is 18.2 Å². The van der Waals surface area contributed by atoms with Crippen molar-refractivity contribution in [1.29, 1.82) is 0 Å². The van der Waals surface area contributed by atoms with Gasteiger partial charge in [-0.15, -0.1) is 11.3 Å². The molecule has 158 valence electrons. The summed E-state index contributed by atoms with van der Waals surface area (Å²) in [6.45, 7) is 4.10. The zero-order valence-electron chi connectivity index (χ0n) is 16.7. The number of thiophene rings is 1. The number of methoxy groups -OCH3 is 1. The first-order valence-corrected chi connectivity index (χ1v) is 11.8. The van der Waals surface area contributed by atoms with Crippen molar-refractivity contribution in [3.63, 3.8) is 0 Å². The second-order valence-electron chi connectivity index (χ2n) is 6.45. The van der Waals surface area contributed by atoms with Gasteiger partial charge in [0.1, 0.15) is 9.96 Å². The van der Waals surface area contributed by atoms with Crippen LogP contribution in [0.4, 0.5) is 5.69 Å². The van der Waals surface area contributed by atoms with E-state index in [-0.39, 0.29) is 0 Å². The lowest BCUT2D eigenvalue weighted by atomic mass is 10.2. The van der Waals surface area contributed by atoms with Crippen LogP contribution in [-0.4, -0.2) is 72.7 Å². The van der Waals surface area contributed by atoms with Crippen molar-refractivity contribution in [2.75, 3.05) is 58.3 Å². The van der Waals surface area contributed by atoms with Crippen LogP contribution in [0, 0.1) is 0 Å². The number of hydrogen-bond acceptors (Lipinski definition) is 6. The molecular formula is C19H27N5O3S2. The molecule has 1 aromatic heterocycles. The van der Waals surface area contributed by atoms with Gasteiger partial charge in [-0.2, -0.15) is 0 Å². The van der Waals surface area contributed by atoms with Crippen molar-refractivity contribution in [3.05, 3.63) is 41.8 Å². The smallest absolute Gasteiger partial charge is 0.250 e. The topological polar surface area (TPSA) is 86.3 Å². The highest BCUT2D eigenvalue weighted by molar-refractivity contribution is 7.91. The van der Waals surface area contributed by atoms with Crippen molar-refractivity contribution >= 4 is 33.0 Å². The van der Waals surface area contributed by atoms with E-state index in [2.05, 4.69) is 30.9 Å². The average Bonchev–Trinajstić information content (AvgIpc) is 3.30. The third-order valence-electron chi connectivity index (χ3n) is 4.68. The number of ether oxygens (including phenoxy) is 1. The molecule has 0 atom stereocenters. The summed E-state index contributed by atoms with van der Waals surface area (Å²) in [7, 11) is -0.00566. The molecule has 10 heteroatoms. The van der Waals surface area contributed by atoms with E-state index in [0.717, 1.165) is 43.6 Å². The average molecular weight is 438 g/mol. The fourth-order valence-corrected chi connectivity index (χ4v) is 5.30. The molecule has 0 radical (unpaired) electrons. The number of nitrogens with one attached hydrogen (secondary N) is 2. The minimum Gasteiger partial charge on any atom is -0.495 e. The molecule has 0 amide bonds. The summed E-state index contributed by atoms with van der Waals surface area (Å²) in [5.41, 5.74) is 1.10. The van der Waals surface area contributed by atoms with Crippen LogP contribution in [-0.2, 0) is 10.0 Å². The van der Waals surface area contributed by atoms with Crippen LogP contribution in [0.2, 0.25) is 0 Å². The summed E-state index contributed by atoms with van der Waals surface area (Å²) >= 11 is 1.21. The maximum atomic E-state index is 12.1. The summed E-state index contributed by atoms with van der Waals surface area (Å²) in [6.07, 6.45) is 0. The van der Waals surface area contributed by atoms with Crippen LogP contribution in [0.1, 0.15) is 0 Å². The molecule has 1 aromatic carbocycles. The van der Waals surface area contributed by atoms with Crippen LogP contribution in [0.15, 0.2) is 51.0 Å². The number of anilines is 1. The molecule has 0 bridgehead atoms. The van der Waals surface area contributed by atoms with Crippen molar-refractivity contribution in [1.82, 2.24) is 14.9 Å². The van der Waals surface area contributed by atoms with Crippen LogP contribution in [0.25, 0.3) is 0 Å². The first-order chi connectivity index (χ1) is 14.0. The number of guanidine groups is 1. The second kappa shape index (κ2) is 9.95. The monoisotopic (exact) mass is 437 g/mol. The first-order valence-electron chi connectivity index (χ1n) is 9.42. The highest BCUT2D eigenvalue weighted by Crippen LogP contribution is 2.28. The Labute approximate surface area is 176 Å². The normalized spacial score (nSPS) is 15.4. The molecule has 1 aliphatic rings. The van der Waals surface area contributed by atoms with Crippen molar-refractivity contribution in [2.45, 2.75) is 4.21 Å². The number of sulfonamides is 1. The zero-order valence-corrected chi connectivity index (χ0v) is 18.3. The molecule has 2 heterocycles. The molecule has 2 aromatic rings. The predicted octanol–water partition coefficient (Wildman–Crippen LogP) is 1.43. The highest BCUT2D eigenvalue weighted by atomic mass is 32.2. The largest absolute Gasteiger partial charge is 0.495 e. The summed E-state index contributed by atoms with van der Waals surface area (Å²) in [6, 6.07) is 11.4. The number of nitrogens with zero attached hydrogens (tertiary/aromatic N) is 3. The molecule has 29 heavy (non-hydrogen) atoms. The lowest BCUT2D eigenvalue weighted by molar-refractivity contribution is 0.367. The summed E-state index contributed by atoms with van der Waals surface area (Å²) in [5.74, 6) is 1.65. The van der Waals surface area contributed by atoms with E-state index < -0.39 is 10.0 Å². The molecule has 8 nitrogen and oxygen atoms in total. The van der Waals surface area contributed by atoms with Gasteiger partial charge in [-0.1, -0.05) is 18.2 Å². The molecule has 0 spiro atoms. The summed E-state index contributed by atoms with van der Waals surface area (Å²) < 4.78 is 32.7. The minimum absolute atomic E-state index is 0.292. The molecular weight excluding hydrogens is 410 g/mol. The molecule has 1 fully saturated rings. The van der Waals surface area contributed by atoms with E-state index in [1.165, 1.54) is 11.3 Å². The van der Waals surface area contributed by atoms with Crippen molar-refractivity contribution in [2.24, 2.45) is 4.99 Å². The Morgan fingerprint density at radius 2 is 1.90 bits per heavy atom. The van der Waals surface area contributed by atoms with Crippen molar-refractivity contribution < 1.29 is 13.2 Å². The van der Waals surface area contributed by atoms with Crippen molar-refractivity contribution in [3.8, 4) is 5.75 Å². The third-order valence-corrected chi connectivity index (χ3v) is 7.54. The molecule has 0 unspecified atom stereocenters. The summed E-state index contributed by atoms with van der Waals surface area (Å²) in [4.78, 5) is 8.82. The number of hydrogen-bond donors (Lipinski definition) is 2. The van der Waals surface area contributed by atoms with Gasteiger partial charge in [-0.25, -0.2) is 13.1 Å². The van der Waals surface area contributed by atoms with E-state index in [0.29, 0.717) is 17.3 Å². The maximum Gasteiger partial charge on any atom is 0.250 e. The Bertz CT molecular complexity index is 908. The lowest BCUT2D eigenvalue weighted by Crippen LogP contribution is -2.53. The zero-order chi connectivity index (χ0) is 20.7. The standard InChI is InChI=1S/C19H27N5O3S2/c1-20-19(21-9-10-22-29(25,26)18-8-5-15-28-18)24-13-11-23(12-14-24)16-6-3-4-7-17(16)27-2/h3-8,15,22H,9-14H2,1-2H3,(H,20,21). The summed E-state index contributed by atoms with van der Waals surface area (Å²) in [5, 5.41) is 4.99. The SMILES string of the molecule is CN=C(NCCNS(=O)(=O)c1cccs1)N1CCN(c2ccccc2OC)CC1. The van der Waals surface area contributed by atoms with Gasteiger partial charge in [0.2, 0.25) is 10.0 Å². The van der Waals surface area contributed by atoms with Gasteiger partial charge in [-0.05, 0) is 23.6 Å². The number of aliphatic imine (C=N–C) groups is 1. The molecule has 0 saturated carbocycles. The van der Waals surface area contributed by atoms with Gasteiger partial charge in [-0.3, -0.25) is 4.99 Å². The molecule has 1 aliphatic heterocycles. The van der Waals surface area contributed by atoms with Gasteiger partial charge in [0.05, 0.1) is 12.8 Å². The Balaban J connectivity index is 1.47. The lowest BCUT2D eigenvalue weighted by Gasteiger charge is -2.38. The van der Waals surface area contributed by atoms with Crippen LogP contribution in [0.3, 0.4) is 0 Å². The van der Waals surface area contributed by atoms with Gasteiger partial charge in [0, 0.05) is 46.3 Å². The van der Waals surface area contributed by atoms with Crippen LogP contribution >= 0.6 is 11.3 Å². The van der Waals surface area contributed by atoms with Crippen LogP contribution in [0.5, 0.6) is 5.75 Å². The van der Waals surface area contributed by atoms with Gasteiger partial charge in [0.25, 0.3) is 0 Å². The Morgan fingerprint density at radius 1 is 1.14 bits per heavy atom. The highest BCUT2D eigenvalue weighted by Gasteiger charge is 2.21. The minimum atomic E-state index is -3.43. The molecule has 1 saturated heterocycles. The van der Waals surface area contributed by atoms with Gasteiger partial charge < -0.3 is 19.9 Å². The number of piperazine rings is 1. The van der Waals surface area contributed by atoms with Gasteiger partial charge in [0.15, 0.2) is 5.96 Å². The number of benzene rings is 1. The molecule has 3 rings (SSSR count). The van der Waals surface area contributed by atoms with Gasteiger partial charge >= 0.3 is 0 Å². The second-order valence-corrected chi connectivity index (χ2v) is 9.39. The first kappa shape index (κ1) is 21.4. The number of rotatable bonds is 7. The van der Waals surface area contributed by atoms with E-state index in [1.54, 1.807) is 31.7 Å². The fourth-order valence-electron chi connectivity index (χ4n) is 3.23. The van der Waals surface area contributed by atoms with E-state index in [4.69, 9.17) is 4.74 Å². The predicted molar refractivity (Wildman–Crippen MR) is 118 cm³/mol.